The van der Waals surface area contributed by atoms with Crippen LogP contribution in [0.4, 0.5) is 0 Å². The molecule has 1 aliphatic rings. The van der Waals surface area contributed by atoms with Crippen LogP contribution in [-0.4, -0.2) is 39.2 Å². The summed E-state index contributed by atoms with van der Waals surface area (Å²) in [5.41, 5.74) is 4.95. The molecule has 0 radical (unpaired) electrons. The fourth-order valence-corrected chi connectivity index (χ4v) is 3.97. The van der Waals surface area contributed by atoms with Crippen molar-refractivity contribution in [2.75, 3.05) is 6.54 Å². The minimum absolute atomic E-state index is 0.177. The number of rotatable bonds is 4. The van der Waals surface area contributed by atoms with E-state index in [1.54, 1.807) is 23.4 Å². The molecule has 1 atom stereocenters. The first-order chi connectivity index (χ1) is 14.5. The lowest BCUT2D eigenvalue weighted by Gasteiger charge is -2.30. The van der Waals surface area contributed by atoms with Gasteiger partial charge >= 0.3 is 5.97 Å². The van der Waals surface area contributed by atoms with Crippen molar-refractivity contribution < 1.29 is 14.3 Å². The number of nitrogens with zero attached hydrogens (tertiary/aromatic N) is 3. The van der Waals surface area contributed by atoms with E-state index in [9.17, 15) is 9.59 Å². The van der Waals surface area contributed by atoms with Gasteiger partial charge < -0.3 is 9.64 Å². The van der Waals surface area contributed by atoms with Gasteiger partial charge in [-0.2, -0.15) is 5.10 Å². The maximum absolute atomic E-state index is 12.9. The maximum atomic E-state index is 12.9. The molecule has 6 nitrogen and oxygen atoms in total. The molecule has 0 unspecified atom stereocenters. The molecule has 4 rings (SSSR count). The number of aryl methyl sites for hydroxylation is 1. The molecule has 0 saturated carbocycles. The molecule has 1 aromatic heterocycles. The number of hydrogen-bond acceptors (Lipinski definition) is 4. The molecule has 154 valence electrons. The molecule has 30 heavy (non-hydrogen) atoms. The highest BCUT2D eigenvalue weighted by molar-refractivity contribution is 5.94. The van der Waals surface area contributed by atoms with Crippen molar-refractivity contribution in [1.29, 1.82) is 0 Å². The van der Waals surface area contributed by atoms with Crippen LogP contribution < -0.4 is 0 Å². The van der Waals surface area contributed by atoms with Gasteiger partial charge in [-0.1, -0.05) is 42.5 Å². The molecule has 0 saturated heterocycles. The third-order valence-electron chi connectivity index (χ3n) is 5.57. The molecule has 2 heterocycles. The Bertz CT molecular complexity index is 1090. The SMILES string of the molecule is Cc1nn(-c2ccccc2)c(C)c1C(=O)O[C@@H](C)C(=O)N1CCc2ccccc2C1. The third kappa shape index (κ3) is 3.73. The lowest BCUT2D eigenvalue weighted by atomic mass is 9.99. The zero-order valence-electron chi connectivity index (χ0n) is 17.5. The smallest absolute Gasteiger partial charge is 0.342 e. The van der Waals surface area contributed by atoms with Crippen molar-refractivity contribution in [3.05, 3.63) is 82.7 Å². The number of para-hydroxylation sites is 1. The van der Waals surface area contributed by atoms with E-state index in [1.807, 2.05) is 55.5 Å². The van der Waals surface area contributed by atoms with Gasteiger partial charge in [-0.25, -0.2) is 9.48 Å². The molecule has 2 aromatic carbocycles. The number of ether oxygens (including phenoxy) is 1. The van der Waals surface area contributed by atoms with Crippen LogP contribution >= 0.6 is 0 Å². The second-order valence-corrected chi connectivity index (χ2v) is 7.62. The van der Waals surface area contributed by atoms with Crippen molar-refractivity contribution in [1.82, 2.24) is 14.7 Å². The van der Waals surface area contributed by atoms with Crippen molar-refractivity contribution in [2.45, 2.75) is 39.8 Å². The van der Waals surface area contributed by atoms with E-state index >= 15 is 0 Å². The first kappa shape index (κ1) is 19.9. The van der Waals surface area contributed by atoms with Gasteiger partial charge in [0.2, 0.25) is 0 Å². The highest BCUT2D eigenvalue weighted by Gasteiger charge is 2.29. The average Bonchev–Trinajstić information content (AvgIpc) is 3.07. The van der Waals surface area contributed by atoms with Crippen LogP contribution in [0, 0.1) is 13.8 Å². The quantitative estimate of drug-likeness (QED) is 0.624. The standard InChI is InChI=1S/C24H25N3O3/c1-16-22(17(2)27(25-16)21-11-5-4-6-12-21)24(29)30-18(3)23(28)26-14-13-19-9-7-8-10-20(19)15-26/h4-12,18H,13-15H2,1-3H3/t18-/m0/s1. The first-order valence-corrected chi connectivity index (χ1v) is 10.1. The van der Waals surface area contributed by atoms with E-state index in [-0.39, 0.29) is 5.91 Å². The van der Waals surface area contributed by atoms with E-state index in [0.29, 0.717) is 30.0 Å². The maximum Gasteiger partial charge on any atom is 0.342 e. The van der Waals surface area contributed by atoms with Crippen LogP contribution in [0.5, 0.6) is 0 Å². The summed E-state index contributed by atoms with van der Waals surface area (Å²) in [6.07, 6.45) is -0.0494. The molecule has 0 bridgehead atoms. The monoisotopic (exact) mass is 403 g/mol. The number of esters is 1. The Labute approximate surface area is 176 Å². The second-order valence-electron chi connectivity index (χ2n) is 7.62. The lowest BCUT2D eigenvalue weighted by Crippen LogP contribution is -2.42. The summed E-state index contributed by atoms with van der Waals surface area (Å²) in [6, 6.07) is 17.7. The van der Waals surface area contributed by atoms with Crippen molar-refractivity contribution in [2.24, 2.45) is 0 Å². The van der Waals surface area contributed by atoms with Crippen LogP contribution in [0.2, 0.25) is 0 Å². The van der Waals surface area contributed by atoms with Gasteiger partial charge in [0, 0.05) is 13.1 Å². The number of hydrogen-bond donors (Lipinski definition) is 0. The summed E-state index contributed by atoms with van der Waals surface area (Å²) >= 11 is 0. The molecule has 0 N–H and O–H groups in total. The van der Waals surface area contributed by atoms with Crippen LogP contribution in [0.15, 0.2) is 54.6 Å². The normalized spacial score (nSPS) is 14.2. The summed E-state index contributed by atoms with van der Waals surface area (Å²) in [5.74, 6) is -0.700. The molecule has 6 heteroatoms. The predicted octanol–water partition coefficient (Wildman–Crippen LogP) is 3.62. The van der Waals surface area contributed by atoms with Gasteiger partial charge in [-0.05, 0) is 50.5 Å². The van der Waals surface area contributed by atoms with E-state index in [4.69, 9.17) is 4.74 Å². The highest BCUT2D eigenvalue weighted by atomic mass is 16.5. The number of fused-ring (bicyclic) bond motifs is 1. The lowest BCUT2D eigenvalue weighted by molar-refractivity contribution is -0.140. The Kier molecular flexibility index (Phi) is 5.40. The topological polar surface area (TPSA) is 64.4 Å². The Hall–Kier alpha value is -3.41. The predicted molar refractivity (Wildman–Crippen MR) is 113 cm³/mol. The van der Waals surface area contributed by atoms with Crippen molar-refractivity contribution in [3.8, 4) is 5.69 Å². The number of carbonyl (C=O) groups excluding carboxylic acids is 2. The van der Waals surface area contributed by atoms with Gasteiger partial charge in [0.15, 0.2) is 6.10 Å². The minimum Gasteiger partial charge on any atom is -0.449 e. The Balaban J connectivity index is 1.48. The molecule has 0 spiro atoms. The van der Waals surface area contributed by atoms with Crippen LogP contribution in [-0.2, 0) is 22.5 Å². The second kappa shape index (κ2) is 8.14. The molecular weight excluding hydrogens is 378 g/mol. The summed E-state index contributed by atoms with van der Waals surface area (Å²) in [5, 5.41) is 4.49. The van der Waals surface area contributed by atoms with E-state index in [0.717, 1.165) is 17.7 Å². The van der Waals surface area contributed by atoms with E-state index in [2.05, 4.69) is 11.2 Å². The number of benzene rings is 2. The van der Waals surface area contributed by atoms with Gasteiger partial charge in [-0.3, -0.25) is 4.79 Å². The van der Waals surface area contributed by atoms with E-state index in [1.165, 1.54) is 5.56 Å². The number of carbonyl (C=O) groups is 2. The van der Waals surface area contributed by atoms with Crippen molar-refractivity contribution in [3.63, 3.8) is 0 Å². The molecule has 3 aromatic rings. The minimum atomic E-state index is -0.860. The Morgan fingerprint density at radius 1 is 1.00 bits per heavy atom. The summed E-state index contributed by atoms with van der Waals surface area (Å²) in [4.78, 5) is 27.5. The van der Waals surface area contributed by atoms with Gasteiger partial charge in [0.25, 0.3) is 5.91 Å². The fraction of sp³-hybridized carbons (Fsp3) is 0.292. The van der Waals surface area contributed by atoms with Gasteiger partial charge in [0.05, 0.1) is 17.1 Å². The molecule has 0 fully saturated rings. The number of amides is 1. The van der Waals surface area contributed by atoms with Crippen LogP contribution in [0.1, 0.15) is 39.8 Å². The Morgan fingerprint density at radius 3 is 2.40 bits per heavy atom. The zero-order valence-corrected chi connectivity index (χ0v) is 17.5. The highest BCUT2D eigenvalue weighted by Crippen LogP contribution is 2.22. The molecule has 0 aliphatic carbocycles. The van der Waals surface area contributed by atoms with Gasteiger partial charge in [-0.15, -0.1) is 0 Å². The average molecular weight is 403 g/mol. The van der Waals surface area contributed by atoms with Gasteiger partial charge in [0.1, 0.15) is 5.56 Å². The third-order valence-corrected chi connectivity index (χ3v) is 5.57. The Morgan fingerprint density at radius 2 is 1.67 bits per heavy atom. The zero-order chi connectivity index (χ0) is 21.3. The first-order valence-electron chi connectivity index (χ1n) is 10.1. The molecule has 1 amide bonds. The van der Waals surface area contributed by atoms with Crippen LogP contribution in [0.25, 0.3) is 5.69 Å². The molecule has 1 aliphatic heterocycles. The fourth-order valence-electron chi connectivity index (χ4n) is 3.97. The van der Waals surface area contributed by atoms with Crippen molar-refractivity contribution >= 4 is 11.9 Å². The van der Waals surface area contributed by atoms with Crippen LogP contribution in [0.3, 0.4) is 0 Å². The summed E-state index contributed by atoms with van der Waals surface area (Å²) in [7, 11) is 0. The largest absolute Gasteiger partial charge is 0.449 e. The number of aromatic nitrogens is 2. The molecular formula is C24H25N3O3. The summed E-state index contributed by atoms with van der Waals surface area (Å²) < 4.78 is 7.29. The van der Waals surface area contributed by atoms with E-state index < -0.39 is 12.1 Å². The summed E-state index contributed by atoms with van der Waals surface area (Å²) in [6.45, 7) is 6.41.